The third-order valence-electron chi connectivity index (χ3n) is 2.86. The van der Waals surface area contributed by atoms with Crippen molar-refractivity contribution in [2.75, 3.05) is 13.2 Å². The van der Waals surface area contributed by atoms with E-state index in [9.17, 15) is 0 Å². The van der Waals surface area contributed by atoms with Crippen LogP contribution in [-0.2, 0) is 19.9 Å². The van der Waals surface area contributed by atoms with Gasteiger partial charge in [-0.05, 0) is 46.1 Å². The molecule has 0 radical (unpaired) electrons. The third-order valence-corrected chi connectivity index (χ3v) is 3.48. The van der Waals surface area contributed by atoms with E-state index >= 15 is 0 Å². The van der Waals surface area contributed by atoms with Gasteiger partial charge in [-0.2, -0.15) is 5.10 Å². The number of aryl methyl sites for hydroxylation is 1. The molecule has 0 saturated heterocycles. The highest BCUT2D eigenvalue weighted by Gasteiger charge is 2.07. The third kappa shape index (κ3) is 3.81. The summed E-state index contributed by atoms with van der Waals surface area (Å²) in [5.41, 5.74) is 7.94. The Morgan fingerprint density at radius 1 is 1.37 bits per heavy atom. The summed E-state index contributed by atoms with van der Waals surface area (Å²) in [6.07, 6.45) is 5.54. The van der Waals surface area contributed by atoms with E-state index in [0.29, 0.717) is 13.2 Å². The predicted molar refractivity (Wildman–Crippen MR) is 79.3 cm³/mol. The number of benzene rings is 1. The first-order chi connectivity index (χ1) is 9.20. The summed E-state index contributed by atoms with van der Waals surface area (Å²) in [5, 5.41) is 4.14. The molecule has 1 heterocycles. The molecule has 5 heteroatoms. The van der Waals surface area contributed by atoms with Crippen LogP contribution < -0.4 is 10.5 Å². The van der Waals surface area contributed by atoms with Gasteiger partial charge in [-0.1, -0.05) is 12.1 Å². The zero-order valence-electron chi connectivity index (χ0n) is 11.0. The first-order valence-corrected chi connectivity index (χ1v) is 7.08. The summed E-state index contributed by atoms with van der Waals surface area (Å²) >= 11 is 3.53. The number of nitrogens with two attached hydrogens (primary N) is 1. The molecule has 0 spiro atoms. The maximum Gasteiger partial charge on any atom is 0.136 e. The van der Waals surface area contributed by atoms with Crippen LogP contribution >= 0.6 is 15.9 Å². The summed E-state index contributed by atoms with van der Waals surface area (Å²) < 4.78 is 8.67. The second kappa shape index (κ2) is 6.73. The van der Waals surface area contributed by atoms with Crippen molar-refractivity contribution in [3.8, 4) is 5.75 Å². The first-order valence-electron chi connectivity index (χ1n) is 6.28. The van der Waals surface area contributed by atoms with Gasteiger partial charge in [0.2, 0.25) is 0 Å². The molecule has 0 saturated carbocycles. The van der Waals surface area contributed by atoms with Gasteiger partial charge in [0.05, 0.1) is 17.3 Å². The Labute approximate surface area is 121 Å². The lowest BCUT2D eigenvalue weighted by Crippen LogP contribution is -2.07. The Bertz CT molecular complexity index is 539. The lowest BCUT2D eigenvalue weighted by Gasteiger charge is -2.12. The zero-order valence-corrected chi connectivity index (χ0v) is 12.6. The Morgan fingerprint density at radius 3 is 2.89 bits per heavy atom. The maximum atomic E-state index is 5.89. The maximum absolute atomic E-state index is 5.89. The average Bonchev–Trinajstić information content (AvgIpc) is 2.79. The summed E-state index contributed by atoms with van der Waals surface area (Å²) in [6, 6.07) is 6.04. The molecule has 0 aliphatic carbocycles. The van der Waals surface area contributed by atoms with Crippen LogP contribution in [-0.4, -0.2) is 22.9 Å². The average molecular weight is 324 g/mol. The molecule has 0 bridgehead atoms. The van der Waals surface area contributed by atoms with E-state index in [0.717, 1.165) is 28.6 Å². The van der Waals surface area contributed by atoms with Crippen molar-refractivity contribution in [3.63, 3.8) is 0 Å². The molecule has 102 valence electrons. The largest absolute Gasteiger partial charge is 0.492 e. The fourth-order valence-electron chi connectivity index (χ4n) is 1.94. The molecule has 1 aromatic carbocycles. The van der Waals surface area contributed by atoms with Crippen molar-refractivity contribution in [2.24, 2.45) is 12.8 Å². The fraction of sp³-hybridized carbons (Fsp3) is 0.357. The molecule has 0 aliphatic heterocycles. The molecule has 0 unspecified atom stereocenters. The normalized spacial score (nSPS) is 10.7. The molecule has 19 heavy (non-hydrogen) atoms. The number of ether oxygens (including phenoxy) is 1. The standard InChI is InChI=1S/C14H18BrN3O/c1-18-10-11(9-17-18)6-8-19-14-12(5-7-16)3-2-4-13(14)15/h2-4,9-10H,5-8,16H2,1H3. The highest BCUT2D eigenvalue weighted by atomic mass is 79.9. The van der Waals surface area contributed by atoms with Gasteiger partial charge in [-0.3, -0.25) is 4.68 Å². The van der Waals surface area contributed by atoms with Crippen molar-refractivity contribution in [1.29, 1.82) is 0 Å². The van der Waals surface area contributed by atoms with Crippen LogP contribution in [0.3, 0.4) is 0 Å². The summed E-state index contributed by atoms with van der Waals surface area (Å²) in [4.78, 5) is 0. The van der Waals surface area contributed by atoms with Gasteiger partial charge in [0.25, 0.3) is 0 Å². The Kier molecular flexibility index (Phi) is 4.99. The second-order valence-corrected chi connectivity index (χ2v) is 5.24. The lowest BCUT2D eigenvalue weighted by molar-refractivity contribution is 0.316. The van der Waals surface area contributed by atoms with E-state index < -0.39 is 0 Å². The number of para-hydroxylation sites is 1. The van der Waals surface area contributed by atoms with Gasteiger partial charge in [0.15, 0.2) is 0 Å². The van der Waals surface area contributed by atoms with Crippen LogP contribution in [0.25, 0.3) is 0 Å². The predicted octanol–water partition coefficient (Wildman–Crippen LogP) is 2.31. The molecule has 2 rings (SSSR count). The van der Waals surface area contributed by atoms with E-state index in [1.807, 2.05) is 31.6 Å². The summed E-state index contributed by atoms with van der Waals surface area (Å²) in [6.45, 7) is 1.25. The van der Waals surface area contributed by atoms with Gasteiger partial charge in [0, 0.05) is 19.7 Å². The van der Waals surface area contributed by atoms with Crippen molar-refractivity contribution < 1.29 is 4.74 Å². The molecule has 4 nitrogen and oxygen atoms in total. The molecule has 2 N–H and O–H groups in total. The smallest absolute Gasteiger partial charge is 0.136 e. The number of aromatic nitrogens is 2. The quantitative estimate of drug-likeness (QED) is 0.887. The van der Waals surface area contributed by atoms with Crippen molar-refractivity contribution in [2.45, 2.75) is 12.8 Å². The van der Waals surface area contributed by atoms with Crippen molar-refractivity contribution in [3.05, 3.63) is 46.2 Å². The summed E-state index contributed by atoms with van der Waals surface area (Å²) in [7, 11) is 1.91. The molecule has 0 fully saturated rings. The van der Waals surface area contributed by atoms with Gasteiger partial charge in [0.1, 0.15) is 5.75 Å². The molecule has 0 aliphatic rings. The molecule has 1 aromatic heterocycles. The van der Waals surface area contributed by atoms with E-state index in [4.69, 9.17) is 10.5 Å². The molecule has 2 aromatic rings. The topological polar surface area (TPSA) is 53.1 Å². The highest BCUT2D eigenvalue weighted by Crippen LogP contribution is 2.29. The van der Waals surface area contributed by atoms with Gasteiger partial charge in [-0.15, -0.1) is 0 Å². The lowest BCUT2D eigenvalue weighted by atomic mass is 10.1. The van der Waals surface area contributed by atoms with Crippen LogP contribution in [0.2, 0.25) is 0 Å². The van der Waals surface area contributed by atoms with Crippen LogP contribution in [0.1, 0.15) is 11.1 Å². The van der Waals surface area contributed by atoms with Gasteiger partial charge in [-0.25, -0.2) is 0 Å². The monoisotopic (exact) mass is 323 g/mol. The Hall–Kier alpha value is -1.33. The van der Waals surface area contributed by atoms with Crippen LogP contribution in [0.4, 0.5) is 0 Å². The number of nitrogens with zero attached hydrogens (tertiary/aromatic N) is 2. The molecular formula is C14H18BrN3O. The number of hydrogen-bond donors (Lipinski definition) is 1. The minimum atomic E-state index is 0.620. The second-order valence-electron chi connectivity index (χ2n) is 4.39. The van der Waals surface area contributed by atoms with E-state index in [1.54, 1.807) is 4.68 Å². The van der Waals surface area contributed by atoms with Crippen molar-refractivity contribution >= 4 is 15.9 Å². The number of hydrogen-bond acceptors (Lipinski definition) is 3. The number of halogens is 1. The SMILES string of the molecule is Cn1cc(CCOc2c(Br)cccc2CCN)cn1. The van der Waals surface area contributed by atoms with E-state index in [1.165, 1.54) is 5.56 Å². The van der Waals surface area contributed by atoms with Crippen LogP contribution in [0.5, 0.6) is 5.75 Å². The van der Waals surface area contributed by atoms with E-state index in [-0.39, 0.29) is 0 Å². The minimum Gasteiger partial charge on any atom is -0.492 e. The number of rotatable bonds is 6. The Balaban J connectivity index is 1.98. The fourth-order valence-corrected chi connectivity index (χ4v) is 2.46. The van der Waals surface area contributed by atoms with Crippen molar-refractivity contribution in [1.82, 2.24) is 9.78 Å². The van der Waals surface area contributed by atoms with E-state index in [2.05, 4.69) is 27.1 Å². The molecular weight excluding hydrogens is 306 g/mol. The molecule has 0 amide bonds. The first kappa shape index (κ1) is 14.1. The summed E-state index contributed by atoms with van der Waals surface area (Å²) in [5.74, 6) is 0.900. The molecule has 0 atom stereocenters. The van der Waals surface area contributed by atoms with Crippen LogP contribution in [0, 0.1) is 0 Å². The van der Waals surface area contributed by atoms with Gasteiger partial charge >= 0.3 is 0 Å². The van der Waals surface area contributed by atoms with Crippen LogP contribution in [0.15, 0.2) is 35.1 Å². The highest BCUT2D eigenvalue weighted by molar-refractivity contribution is 9.10. The van der Waals surface area contributed by atoms with Gasteiger partial charge < -0.3 is 10.5 Å². The minimum absolute atomic E-state index is 0.620. The Morgan fingerprint density at radius 2 is 2.21 bits per heavy atom. The zero-order chi connectivity index (χ0) is 13.7.